The zero-order chi connectivity index (χ0) is 26.8. The monoisotopic (exact) mass is 510 g/mol. The Balaban J connectivity index is 1.94. The highest BCUT2D eigenvalue weighted by Gasteiger charge is 2.36. The summed E-state index contributed by atoms with van der Waals surface area (Å²) < 4.78 is 10.6. The molecule has 0 aromatic heterocycles. The highest BCUT2D eigenvalue weighted by atomic mass is 16.5. The number of carbonyl (C=O) groups is 4. The standard InChI is InChI=1S/C26H30N4O7/c1-3-22(31)29-25(30-26(35)36-2)27-16-13-14-20(21(15-16)37-17-9-5-4-6-10-17)28-23(32)18-11-7-8-12-19(18)24(33)34/h4-6,9-10,13-15,18-19H,3,7-8,11-12H2,1-2H3,(H,28,32)(H,33,34)(H2,27,29,30,31,35). The van der Waals surface area contributed by atoms with E-state index in [2.05, 4.69) is 25.7 Å². The number of para-hydroxylation sites is 1. The van der Waals surface area contributed by atoms with E-state index in [1.807, 2.05) is 6.07 Å². The number of carboxylic acid groups (broad SMARTS) is 1. The number of anilines is 1. The van der Waals surface area contributed by atoms with E-state index < -0.39 is 29.8 Å². The molecule has 2 aromatic carbocycles. The number of guanidine groups is 1. The van der Waals surface area contributed by atoms with Crippen LogP contribution in [0.3, 0.4) is 0 Å². The first-order valence-corrected chi connectivity index (χ1v) is 11.9. The van der Waals surface area contributed by atoms with E-state index >= 15 is 0 Å². The number of aliphatic imine (C=N–C) groups is 1. The molecule has 0 radical (unpaired) electrons. The van der Waals surface area contributed by atoms with Gasteiger partial charge in [0.25, 0.3) is 0 Å². The lowest BCUT2D eigenvalue weighted by atomic mass is 9.78. The van der Waals surface area contributed by atoms with E-state index in [1.165, 1.54) is 13.2 Å². The van der Waals surface area contributed by atoms with Gasteiger partial charge in [-0.3, -0.25) is 25.0 Å². The number of nitrogens with one attached hydrogen (secondary N) is 3. The molecule has 1 aliphatic rings. The molecule has 0 saturated heterocycles. The van der Waals surface area contributed by atoms with Crippen molar-refractivity contribution in [2.75, 3.05) is 12.4 Å². The Kier molecular flexibility index (Phi) is 9.59. The summed E-state index contributed by atoms with van der Waals surface area (Å²) in [5.74, 6) is -2.57. The lowest BCUT2D eigenvalue weighted by Gasteiger charge is -2.27. The second kappa shape index (κ2) is 13.1. The van der Waals surface area contributed by atoms with Crippen molar-refractivity contribution < 1.29 is 33.8 Å². The zero-order valence-electron chi connectivity index (χ0n) is 20.7. The Morgan fingerprint density at radius 3 is 2.35 bits per heavy atom. The van der Waals surface area contributed by atoms with E-state index in [4.69, 9.17) is 4.74 Å². The molecule has 1 fully saturated rings. The van der Waals surface area contributed by atoms with E-state index in [0.717, 1.165) is 12.8 Å². The predicted molar refractivity (Wildman–Crippen MR) is 136 cm³/mol. The molecule has 1 saturated carbocycles. The minimum atomic E-state index is -0.981. The number of ether oxygens (including phenoxy) is 2. The minimum Gasteiger partial charge on any atom is -0.481 e. The van der Waals surface area contributed by atoms with Crippen molar-refractivity contribution in [1.29, 1.82) is 0 Å². The fraction of sp³-hybridized carbons (Fsp3) is 0.346. The smallest absolute Gasteiger partial charge is 0.413 e. The average molecular weight is 511 g/mol. The Bertz CT molecular complexity index is 1150. The van der Waals surface area contributed by atoms with E-state index in [1.54, 1.807) is 43.3 Å². The molecule has 0 heterocycles. The largest absolute Gasteiger partial charge is 0.481 e. The number of methoxy groups -OCH3 is 1. The van der Waals surface area contributed by atoms with E-state index in [-0.39, 0.29) is 24.0 Å². The number of hydrogen-bond acceptors (Lipinski definition) is 7. The number of rotatable bonds is 7. The SMILES string of the molecule is CCC(=O)NC(=Nc1ccc(NC(=O)C2CCCCC2C(=O)O)c(Oc2ccccc2)c1)NC(=O)OC. The number of nitrogens with zero attached hydrogens (tertiary/aromatic N) is 1. The van der Waals surface area contributed by atoms with Crippen LogP contribution in [0, 0.1) is 11.8 Å². The fourth-order valence-electron chi connectivity index (χ4n) is 3.93. The Morgan fingerprint density at radius 1 is 1.00 bits per heavy atom. The van der Waals surface area contributed by atoms with Gasteiger partial charge < -0.3 is 19.9 Å². The maximum Gasteiger partial charge on any atom is 0.413 e. The molecule has 196 valence electrons. The minimum absolute atomic E-state index is 0.146. The third-order valence-electron chi connectivity index (χ3n) is 5.84. The molecule has 2 unspecified atom stereocenters. The number of alkyl carbamates (subject to hydrolysis) is 1. The normalized spacial score (nSPS) is 17.3. The van der Waals surface area contributed by atoms with Crippen molar-refractivity contribution in [3.05, 3.63) is 48.5 Å². The molecule has 3 amide bonds. The van der Waals surface area contributed by atoms with Crippen molar-refractivity contribution in [3.63, 3.8) is 0 Å². The lowest BCUT2D eigenvalue weighted by molar-refractivity contribution is -0.147. The molecule has 11 heteroatoms. The number of amides is 3. The summed E-state index contributed by atoms with van der Waals surface area (Å²) in [5.41, 5.74) is 0.621. The van der Waals surface area contributed by atoms with Gasteiger partial charge in [0.2, 0.25) is 17.8 Å². The maximum absolute atomic E-state index is 13.1. The molecule has 37 heavy (non-hydrogen) atoms. The summed E-state index contributed by atoms with van der Waals surface area (Å²) in [6.07, 6.45) is 1.83. The topological polar surface area (TPSA) is 155 Å². The van der Waals surface area contributed by atoms with Crippen LogP contribution in [0.25, 0.3) is 0 Å². The van der Waals surface area contributed by atoms with Gasteiger partial charge in [0.05, 0.1) is 30.3 Å². The Morgan fingerprint density at radius 2 is 1.70 bits per heavy atom. The first-order valence-electron chi connectivity index (χ1n) is 11.9. The van der Waals surface area contributed by atoms with Crippen molar-refractivity contribution in [2.45, 2.75) is 39.0 Å². The molecule has 0 aliphatic heterocycles. The second-order valence-corrected chi connectivity index (χ2v) is 8.40. The van der Waals surface area contributed by atoms with Crippen LogP contribution in [-0.2, 0) is 19.1 Å². The molecule has 11 nitrogen and oxygen atoms in total. The highest BCUT2D eigenvalue weighted by Crippen LogP contribution is 2.36. The summed E-state index contributed by atoms with van der Waals surface area (Å²) in [4.78, 5) is 52.7. The van der Waals surface area contributed by atoms with Gasteiger partial charge in [0.15, 0.2) is 5.75 Å². The summed E-state index contributed by atoms with van der Waals surface area (Å²) in [5, 5.41) is 17.2. The Labute approximate surface area is 214 Å². The average Bonchev–Trinajstić information content (AvgIpc) is 2.90. The lowest BCUT2D eigenvalue weighted by Crippen LogP contribution is -2.43. The van der Waals surface area contributed by atoms with Crippen molar-refractivity contribution in [1.82, 2.24) is 10.6 Å². The van der Waals surface area contributed by atoms with E-state index in [9.17, 15) is 24.3 Å². The highest BCUT2D eigenvalue weighted by molar-refractivity contribution is 6.04. The maximum atomic E-state index is 13.1. The summed E-state index contributed by atoms with van der Waals surface area (Å²) in [6.45, 7) is 1.65. The van der Waals surface area contributed by atoms with Crippen LogP contribution in [0.2, 0.25) is 0 Å². The van der Waals surface area contributed by atoms with Crippen LogP contribution >= 0.6 is 0 Å². The van der Waals surface area contributed by atoms with Crippen molar-refractivity contribution in [2.24, 2.45) is 16.8 Å². The third-order valence-corrected chi connectivity index (χ3v) is 5.84. The molecular formula is C26H30N4O7. The molecule has 0 bridgehead atoms. The third kappa shape index (κ3) is 7.79. The molecule has 0 spiro atoms. The molecule has 4 N–H and O–H groups in total. The zero-order valence-corrected chi connectivity index (χ0v) is 20.7. The van der Waals surface area contributed by atoms with Crippen LogP contribution in [-0.4, -0.2) is 42.1 Å². The van der Waals surface area contributed by atoms with Crippen LogP contribution < -0.4 is 20.7 Å². The first-order chi connectivity index (χ1) is 17.8. The fourth-order valence-corrected chi connectivity index (χ4v) is 3.93. The number of benzene rings is 2. The van der Waals surface area contributed by atoms with Gasteiger partial charge in [-0.1, -0.05) is 38.0 Å². The van der Waals surface area contributed by atoms with Gasteiger partial charge >= 0.3 is 12.1 Å². The molecular weight excluding hydrogens is 480 g/mol. The first kappa shape index (κ1) is 27.2. The van der Waals surface area contributed by atoms with Crippen LogP contribution in [0.5, 0.6) is 11.5 Å². The van der Waals surface area contributed by atoms with Gasteiger partial charge in [-0.2, -0.15) is 0 Å². The molecule has 3 rings (SSSR count). The summed E-state index contributed by atoms with van der Waals surface area (Å²) >= 11 is 0. The molecule has 2 atom stereocenters. The van der Waals surface area contributed by atoms with Gasteiger partial charge in [-0.15, -0.1) is 0 Å². The van der Waals surface area contributed by atoms with Crippen LogP contribution in [0.1, 0.15) is 39.0 Å². The van der Waals surface area contributed by atoms with E-state index in [0.29, 0.717) is 30.0 Å². The summed E-state index contributed by atoms with van der Waals surface area (Å²) in [6, 6.07) is 13.5. The van der Waals surface area contributed by atoms with Crippen molar-refractivity contribution >= 4 is 41.2 Å². The van der Waals surface area contributed by atoms with Crippen molar-refractivity contribution in [3.8, 4) is 11.5 Å². The van der Waals surface area contributed by atoms with Gasteiger partial charge in [-0.05, 0) is 37.1 Å². The predicted octanol–water partition coefficient (Wildman–Crippen LogP) is 4.18. The number of carbonyl (C=O) groups excluding carboxylic acids is 3. The molecule has 2 aromatic rings. The molecule has 1 aliphatic carbocycles. The van der Waals surface area contributed by atoms with Gasteiger partial charge in [0.1, 0.15) is 5.75 Å². The second-order valence-electron chi connectivity index (χ2n) is 8.40. The van der Waals surface area contributed by atoms with Gasteiger partial charge in [-0.25, -0.2) is 9.79 Å². The quantitative estimate of drug-likeness (QED) is 0.322. The number of aliphatic carboxylic acids is 1. The van der Waals surface area contributed by atoms with Gasteiger partial charge in [0, 0.05) is 12.5 Å². The van der Waals surface area contributed by atoms with Crippen LogP contribution in [0.4, 0.5) is 16.2 Å². The van der Waals surface area contributed by atoms with Crippen LogP contribution in [0.15, 0.2) is 53.5 Å². The number of carboxylic acids is 1. The summed E-state index contributed by atoms with van der Waals surface area (Å²) in [7, 11) is 1.18. The number of hydrogen-bond donors (Lipinski definition) is 4. The Hall–Kier alpha value is -4.41.